The Morgan fingerprint density at radius 2 is 1.91 bits per heavy atom. The summed E-state index contributed by atoms with van der Waals surface area (Å²) in [7, 11) is 0. The van der Waals surface area contributed by atoms with E-state index in [-0.39, 0.29) is 11.8 Å². The highest BCUT2D eigenvalue weighted by Gasteiger charge is 2.41. The van der Waals surface area contributed by atoms with Crippen molar-refractivity contribution in [2.24, 2.45) is 0 Å². The van der Waals surface area contributed by atoms with E-state index in [9.17, 15) is 9.59 Å². The first-order valence-electron chi connectivity index (χ1n) is 6.82. The number of rotatable bonds is 4. The Morgan fingerprint density at radius 1 is 1.32 bits per heavy atom. The van der Waals surface area contributed by atoms with E-state index in [0.29, 0.717) is 18.9 Å². The molecule has 1 amide bonds. The van der Waals surface area contributed by atoms with E-state index < -0.39 is 11.6 Å². The average Bonchev–Trinajstić information content (AvgIpc) is 2.49. The third kappa shape index (κ3) is 3.65. The van der Waals surface area contributed by atoms with Crippen LogP contribution in [0, 0.1) is 0 Å². The van der Waals surface area contributed by atoms with Gasteiger partial charge in [0.1, 0.15) is 0 Å². The van der Waals surface area contributed by atoms with Crippen LogP contribution < -0.4 is 5.32 Å². The van der Waals surface area contributed by atoms with Gasteiger partial charge in [-0.1, -0.05) is 12.1 Å². The first kappa shape index (κ1) is 16.0. The molecule has 2 rings (SSSR count). The molecular weight excluding hydrogens is 286 g/mol. The van der Waals surface area contributed by atoms with Crippen LogP contribution in [0.3, 0.4) is 0 Å². The van der Waals surface area contributed by atoms with Crippen molar-refractivity contribution < 1.29 is 23.9 Å². The van der Waals surface area contributed by atoms with Gasteiger partial charge in [0, 0.05) is 18.5 Å². The predicted octanol–water partition coefficient (Wildman–Crippen LogP) is 1.36. The highest BCUT2D eigenvalue weighted by molar-refractivity contribution is 6.28. The normalized spacial score (nSPS) is 24.2. The molecule has 0 saturated carbocycles. The molecule has 116 valence electrons. The van der Waals surface area contributed by atoms with Crippen molar-refractivity contribution in [3.05, 3.63) is 35.4 Å². The van der Waals surface area contributed by atoms with Gasteiger partial charge in [-0.3, -0.25) is 9.59 Å². The molecule has 0 bridgehead atoms. The van der Waals surface area contributed by atoms with Crippen LogP contribution in [-0.2, 0) is 19.1 Å². The molecule has 1 aromatic rings. The monoisotopic (exact) mass is 303 g/mol. The molecule has 7 nitrogen and oxygen atoms in total. The standard InChI is InChI=1S/C15H17N3O4/c1-10(19)18-13-5-3-11(4-6-13)12-8-21-15(2,22-9-12)14(20)7-17-16/h3-7,12H,8-9H2,1-2H3,(H,18,19). The van der Waals surface area contributed by atoms with Gasteiger partial charge in [-0.05, 0) is 24.6 Å². The summed E-state index contributed by atoms with van der Waals surface area (Å²) in [6, 6.07) is 7.35. The summed E-state index contributed by atoms with van der Waals surface area (Å²) in [6.45, 7) is 3.55. The van der Waals surface area contributed by atoms with Gasteiger partial charge in [0.2, 0.25) is 11.7 Å². The number of hydrogen-bond donors (Lipinski definition) is 1. The molecule has 0 spiro atoms. The van der Waals surface area contributed by atoms with Crippen LogP contribution in [0.15, 0.2) is 24.3 Å². The van der Waals surface area contributed by atoms with Crippen LogP contribution in [0.5, 0.6) is 0 Å². The molecule has 1 N–H and O–H groups in total. The molecule has 7 heteroatoms. The highest BCUT2D eigenvalue weighted by Crippen LogP contribution is 2.28. The minimum absolute atomic E-state index is 0.0154. The van der Waals surface area contributed by atoms with Gasteiger partial charge < -0.3 is 20.3 Å². The van der Waals surface area contributed by atoms with Gasteiger partial charge in [-0.25, -0.2) is 0 Å². The second-order valence-electron chi connectivity index (χ2n) is 5.18. The molecule has 0 aromatic heterocycles. The van der Waals surface area contributed by atoms with Gasteiger partial charge in [-0.15, -0.1) is 0 Å². The lowest BCUT2D eigenvalue weighted by Crippen LogP contribution is -2.48. The summed E-state index contributed by atoms with van der Waals surface area (Å²) in [5, 5.41) is 2.69. The summed E-state index contributed by atoms with van der Waals surface area (Å²) in [5.74, 6) is -2.11. The number of anilines is 1. The maximum absolute atomic E-state index is 11.7. The van der Waals surface area contributed by atoms with Gasteiger partial charge in [0.05, 0.1) is 13.2 Å². The number of benzene rings is 1. The SMILES string of the molecule is CC(=O)Nc1ccc(C2COC(C)(C(=O)C=[N+]=[N-])OC2)cc1. The Morgan fingerprint density at radius 3 is 2.41 bits per heavy atom. The molecule has 1 saturated heterocycles. The number of hydrogen-bond acceptors (Lipinski definition) is 4. The summed E-state index contributed by atoms with van der Waals surface area (Å²) in [4.78, 5) is 25.4. The van der Waals surface area contributed by atoms with Crippen LogP contribution in [0.1, 0.15) is 25.3 Å². The molecule has 1 aromatic carbocycles. The van der Waals surface area contributed by atoms with Crippen LogP contribution in [0.4, 0.5) is 5.69 Å². The Labute approximate surface area is 127 Å². The fraction of sp³-hybridized carbons (Fsp3) is 0.400. The number of Topliss-reactive ketones (excluding diaryl/α,β-unsaturated/α-hetero) is 1. The predicted molar refractivity (Wildman–Crippen MR) is 78.5 cm³/mol. The van der Waals surface area contributed by atoms with Crippen molar-refractivity contribution in [1.82, 2.24) is 0 Å². The number of nitrogens with zero attached hydrogens (tertiary/aromatic N) is 2. The lowest BCUT2D eigenvalue weighted by Gasteiger charge is -2.34. The van der Waals surface area contributed by atoms with E-state index in [0.717, 1.165) is 11.8 Å². The minimum Gasteiger partial charge on any atom is -0.361 e. The van der Waals surface area contributed by atoms with Crippen LogP contribution in [0.2, 0.25) is 0 Å². The largest absolute Gasteiger partial charge is 0.361 e. The first-order chi connectivity index (χ1) is 10.4. The van der Waals surface area contributed by atoms with Crippen molar-refractivity contribution in [2.45, 2.75) is 25.6 Å². The van der Waals surface area contributed by atoms with Gasteiger partial charge in [-0.2, -0.15) is 4.79 Å². The molecule has 1 aliphatic rings. The Hall–Kier alpha value is -2.34. The number of ether oxygens (including phenoxy) is 2. The number of carbonyl (C=O) groups excluding carboxylic acids is 2. The summed E-state index contributed by atoms with van der Waals surface area (Å²) in [5.41, 5.74) is 10.1. The number of carbonyl (C=O) groups is 2. The number of ketones is 1. The van der Waals surface area contributed by atoms with Crippen molar-refractivity contribution in [2.75, 3.05) is 18.5 Å². The van der Waals surface area contributed by atoms with Crippen molar-refractivity contribution in [1.29, 1.82) is 0 Å². The van der Waals surface area contributed by atoms with Crippen LogP contribution >= 0.6 is 0 Å². The molecule has 1 aliphatic heterocycles. The van der Waals surface area contributed by atoms with Crippen molar-refractivity contribution in [3.8, 4) is 0 Å². The lowest BCUT2D eigenvalue weighted by atomic mass is 9.99. The quantitative estimate of drug-likeness (QED) is 0.515. The lowest BCUT2D eigenvalue weighted by molar-refractivity contribution is -0.245. The van der Waals surface area contributed by atoms with Crippen molar-refractivity contribution >= 4 is 23.6 Å². The zero-order chi connectivity index (χ0) is 16.2. The molecule has 1 fully saturated rings. The van der Waals surface area contributed by atoms with Gasteiger partial charge >= 0.3 is 6.21 Å². The van der Waals surface area contributed by atoms with Crippen LogP contribution in [-0.4, -0.2) is 41.7 Å². The molecule has 22 heavy (non-hydrogen) atoms. The van der Waals surface area contributed by atoms with E-state index >= 15 is 0 Å². The second-order valence-corrected chi connectivity index (χ2v) is 5.18. The molecular formula is C15H17N3O4. The first-order valence-corrected chi connectivity index (χ1v) is 6.82. The Balaban J connectivity index is 2.01. The van der Waals surface area contributed by atoms with Crippen molar-refractivity contribution in [3.63, 3.8) is 0 Å². The molecule has 0 atom stereocenters. The molecule has 1 heterocycles. The van der Waals surface area contributed by atoms with E-state index in [2.05, 4.69) is 10.1 Å². The fourth-order valence-corrected chi connectivity index (χ4v) is 2.16. The maximum atomic E-state index is 11.7. The maximum Gasteiger partial charge on any atom is 0.328 e. The topological polar surface area (TPSA) is 101 Å². The third-order valence-electron chi connectivity index (χ3n) is 3.44. The van der Waals surface area contributed by atoms with E-state index in [4.69, 9.17) is 15.0 Å². The molecule has 0 unspecified atom stereocenters. The van der Waals surface area contributed by atoms with Crippen LogP contribution in [0.25, 0.3) is 5.53 Å². The summed E-state index contributed by atoms with van der Waals surface area (Å²) in [6.07, 6.45) is 0.766. The highest BCUT2D eigenvalue weighted by atomic mass is 16.7. The zero-order valence-corrected chi connectivity index (χ0v) is 12.4. The smallest absolute Gasteiger partial charge is 0.328 e. The Kier molecular flexibility index (Phi) is 4.82. The van der Waals surface area contributed by atoms with Gasteiger partial charge in [0.25, 0.3) is 5.78 Å². The second kappa shape index (κ2) is 6.62. The molecule has 0 aliphatic carbocycles. The summed E-state index contributed by atoms with van der Waals surface area (Å²) < 4.78 is 11.0. The van der Waals surface area contributed by atoms with E-state index in [1.165, 1.54) is 13.8 Å². The Bertz CT molecular complexity index is 612. The molecule has 0 radical (unpaired) electrons. The number of amides is 1. The summed E-state index contributed by atoms with van der Waals surface area (Å²) >= 11 is 0. The van der Waals surface area contributed by atoms with E-state index in [1.54, 1.807) is 12.1 Å². The zero-order valence-electron chi connectivity index (χ0n) is 12.4. The van der Waals surface area contributed by atoms with Gasteiger partial charge in [0.15, 0.2) is 0 Å². The number of nitrogens with one attached hydrogen (secondary N) is 1. The fourth-order valence-electron chi connectivity index (χ4n) is 2.16. The third-order valence-corrected chi connectivity index (χ3v) is 3.44. The average molecular weight is 303 g/mol. The minimum atomic E-state index is -1.42. The van der Waals surface area contributed by atoms with E-state index in [1.807, 2.05) is 12.1 Å².